The molecule has 0 aromatic heterocycles. The lowest BCUT2D eigenvalue weighted by atomic mass is 9.76. The number of hydrogen-bond donors (Lipinski definition) is 1. The van der Waals surface area contributed by atoms with Gasteiger partial charge in [0.05, 0.1) is 0 Å². The monoisotopic (exact) mass is 227 g/mol. The third-order valence-electron chi connectivity index (χ3n) is 3.72. The summed E-state index contributed by atoms with van der Waals surface area (Å²) >= 11 is 0. The molecule has 0 rings (SSSR count). The maximum absolute atomic E-state index is 5.51. The average Bonchev–Trinajstić information content (AvgIpc) is 2.27. The Morgan fingerprint density at radius 3 is 1.94 bits per heavy atom. The van der Waals surface area contributed by atoms with Crippen molar-refractivity contribution in [3.8, 4) is 0 Å². The minimum Gasteiger partial charge on any atom is -0.330 e. The van der Waals surface area contributed by atoms with Gasteiger partial charge in [0.1, 0.15) is 0 Å². The molecule has 0 spiro atoms. The van der Waals surface area contributed by atoms with Gasteiger partial charge >= 0.3 is 0 Å². The minimum absolute atomic E-state index is 0.619. The van der Waals surface area contributed by atoms with Gasteiger partial charge in [0, 0.05) is 0 Å². The maximum atomic E-state index is 5.51. The van der Waals surface area contributed by atoms with E-state index in [4.69, 9.17) is 5.73 Å². The maximum Gasteiger partial charge on any atom is -0.00773 e. The zero-order chi connectivity index (χ0) is 12.3. The van der Waals surface area contributed by atoms with Crippen molar-refractivity contribution in [1.82, 2.24) is 0 Å². The van der Waals surface area contributed by atoms with Crippen LogP contribution in [-0.4, -0.2) is 6.54 Å². The van der Waals surface area contributed by atoms with Crippen molar-refractivity contribution in [3.63, 3.8) is 0 Å². The van der Waals surface area contributed by atoms with Crippen LogP contribution in [0.4, 0.5) is 0 Å². The lowest BCUT2D eigenvalue weighted by Crippen LogP contribution is -2.16. The van der Waals surface area contributed by atoms with E-state index in [1.165, 1.54) is 64.2 Å². The zero-order valence-corrected chi connectivity index (χ0v) is 11.9. The highest BCUT2D eigenvalue weighted by Gasteiger charge is 2.21. The van der Waals surface area contributed by atoms with Crippen LogP contribution in [0.15, 0.2) is 0 Å². The molecule has 0 aromatic rings. The third-order valence-corrected chi connectivity index (χ3v) is 3.72. The summed E-state index contributed by atoms with van der Waals surface area (Å²) in [5.41, 5.74) is 6.13. The van der Waals surface area contributed by atoms with Crippen molar-refractivity contribution in [3.05, 3.63) is 0 Å². The van der Waals surface area contributed by atoms with Gasteiger partial charge in [0.2, 0.25) is 0 Å². The van der Waals surface area contributed by atoms with Gasteiger partial charge in [-0.2, -0.15) is 0 Å². The normalized spacial score (nSPS) is 15.0. The van der Waals surface area contributed by atoms with E-state index in [0.29, 0.717) is 5.41 Å². The molecule has 0 bridgehead atoms. The summed E-state index contributed by atoms with van der Waals surface area (Å²) in [7, 11) is 0. The first-order chi connectivity index (χ1) is 7.68. The summed E-state index contributed by atoms with van der Waals surface area (Å²) in [6.07, 6.45) is 13.6. The predicted molar refractivity (Wildman–Crippen MR) is 74.7 cm³/mol. The van der Waals surface area contributed by atoms with Crippen molar-refractivity contribution in [2.75, 3.05) is 6.54 Å². The van der Waals surface area contributed by atoms with E-state index in [2.05, 4.69) is 20.8 Å². The van der Waals surface area contributed by atoms with Gasteiger partial charge in [-0.3, -0.25) is 0 Å². The molecule has 0 saturated carbocycles. The highest BCUT2D eigenvalue weighted by atomic mass is 14.5. The molecule has 1 nitrogen and oxygen atoms in total. The molecule has 0 heterocycles. The molecule has 1 atom stereocenters. The Hall–Kier alpha value is -0.0400. The second-order valence-electron chi connectivity index (χ2n) is 5.62. The third kappa shape index (κ3) is 8.15. The number of rotatable bonds is 11. The van der Waals surface area contributed by atoms with Crippen LogP contribution in [0.25, 0.3) is 0 Å². The van der Waals surface area contributed by atoms with Crippen molar-refractivity contribution in [1.29, 1.82) is 0 Å². The highest BCUT2D eigenvalue weighted by molar-refractivity contribution is 4.73. The van der Waals surface area contributed by atoms with Gasteiger partial charge < -0.3 is 5.73 Å². The van der Waals surface area contributed by atoms with Crippen LogP contribution in [0.2, 0.25) is 0 Å². The van der Waals surface area contributed by atoms with E-state index in [1.54, 1.807) is 0 Å². The molecule has 0 fully saturated rings. The molecule has 0 aromatic carbocycles. The first-order valence-corrected chi connectivity index (χ1v) is 7.38. The Morgan fingerprint density at radius 1 is 0.750 bits per heavy atom. The zero-order valence-electron chi connectivity index (χ0n) is 11.9. The Balaban J connectivity index is 3.73. The van der Waals surface area contributed by atoms with Crippen molar-refractivity contribution < 1.29 is 0 Å². The van der Waals surface area contributed by atoms with Crippen LogP contribution in [0.5, 0.6) is 0 Å². The molecule has 0 radical (unpaired) electrons. The highest BCUT2D eigenvalue weighted by Crippen LogP contribution is 2.35. The first-order valence-electron chi connectivity index (χ1n) is 7.38. The predicted octanol–water partition coefficient (Wildman–Crippen LogP) is 4.89. The Morgan fingerprint density at radius 2 is 1.38 bits per heavy atom. The molecule has 16 heavy (non-hydrogen) atoms. The minimum atomic E-state index is 0.619. The van der Waals surface area contributed by atoms with E-state index in [9.17, 15) is 0 Å². The van der Waals surface area contributed by atoms with Crippen LogP contribution in [0.1, 0.15) is 85.0 Å². The standard InChI is InChI=1S/C15H33N/c1-4-6-12-15(3,11-5-2)13-9-7-8-10-14-16/h4-14,16H2,1-3H3. The van der Waals surface area contributed by atoms with E-state index in [0.717, 1.165) is 6.54 Å². The fraction of sp³-hybridized carbons (Fsp3) is 1.00. The largest absolute Gasteiger partial charge is 0.330 e. The number of nitrogens with two attached hydrogens (primary N) is 1. The Labute approximate surface area is 103 Å². The fourth-order valence-corrected chi connectivity index (χ4v) is 2.63. The second kappa shape index (κ2) is 10.1. The van der Waals surface area contributed by atoms with Crippen LogP contribution in [0, 0.1) is 5.41 Å². The van der Waals surface area contributed by atoms with Gasteiger partial charge in [0.15, 0.2) is 0 Å². The summed E-state index contributed by atoms with van der Waals surface area (Å²) in [4.78, 5) is 0. The van der Waals surface area contributed by atoms with E-state index >= 15 is 0 Å². The van der Waals surface area contributed by atoms with E-state index in [1.807, 2.05) is 0 Å². The molecule has 0 aliphatic heterocycles. The van der Waals surface area contributed by atoms with Crippen molar-refractivity contribution >= 4 is 0 Å². The molecule has 0 aliphatic carbocycles. The van der Waals surface area contributed by atoms with Crippen LogP contribution in [0.3, 0.4) is 0 Å². The summed E-state index contributed by atoms with van der Waals surface area (Å²) < 4.78 is 0. The van der Waals surface area contributed by atoms with Gasteiger partial charge in [0.25, 0.3) is 0 Å². The summed E-state index contributed by atoms with van der Waals surface area (Å²) in [6.45, 7) is 7.98. The lowest BCUT2D eigenvalue weighted by Gasteiger charge is -2.29. The summed E-state index contributed by atoms with van der Waals surface area (Å²) in [5.74, 6) is 0. The second-order valence-corrected chi connectivity index (χ2v) is 5.62. The SMILES string of the molecule is CCCCC(C)(CCC)CCCCCCN. The molecule has 98 valence electrons. The van der Waals surface area contributed by atoms with Gasteiger partial charge in [-0.25, -0.2) is 0 Å². The Kier molecular flexibility index (Phi) is 10.1. The molecule has 1 unspecified atom stereocenters. The first kappa shape index (κ1) is 16.0. The molecular weight excluding hydrogens is 194 g/mol. The summed E-state index contributed by atoms with van der Waals surface area (Å²) in [6, 6.07) is 0. The van der Waals surface area contributed by atoms with Crippen LogP contribution >= 0.6 is 0 Å². The van der Waals surface area contributed by atoms with E-state index in [-0.39, 0.29) is 0 Å². The molecule has 0 saturated heterocycles. The van der Waals surface area contributed by atoms with Crippen molar-refractivity contribution in [2.45, 2.75) is 85.0 Å². The van der Waals surface area contributed by atoms with Gasteiger partial charge in [-0.05, 0) is 37.6 Å². The summed E-state index contributed by atoms with van der Waals surface area (Å²) in [5, 5.41) is 0. The number of hydrogen-bond acceptors (Lipinski definition) is 1. The smallest absolute Gasteiger partial charge is 0.00773 e. The lowest BCUT2D eigenvalue weighted by molar-refractivity contribution is 0.231. The molecule has 0 amide bonds. The molecule has 0 aliphatic rings. The molecule has 1 heteroatoms. The number of unbranched alkanes of at least 4 members (excludes halogenated alkanes) is 4. The average molecular weight is 227 g/mol. The quantitative estimate of drug-likeness (QED) is 0.500. The molecule has 2 N–H and O–H groups in total. The molecular formula is C15H33N. The van der Waals surface area contributed by atoms with E-state index < -0.39 is 0 Å². The van der Waals surface area contributed by atoms with Crippen molar-refractivity contribution in [2.24, 2.45) is 11.1 Å². The topological polar surface area (TPSA) is 26.0 Å². The Bertz CT molecular complexity index is 144. The van der Waals surface area contributed by atoms with Gasteiger partial charge in [-0.15, -0.1) is 0 Å². The fourth-order valence-electron chi connectivity index (χ4n) is 2.63. The van der Waals surface area contributed by atoms with Crippen LogP contribution < -0.4 is 5.73 Å². The van der Waals surface area contributed by atoms with Gasteiger partial charge in [-0.1, -0.05) is 59.3 Å². The van der Waals surface area contributed by atoms with Crippen LogP contribution in [-0.2, 0) is 0 Å².